The molecule has 1 aromatic carbocycles. The van der Waals surface area contributed by atoms with E-state index in [9.17, 15) is 8.42 Å². The lowest BCUT2D eigenvalue weighted by atomic mass is 9.94. The summed E-state index contributed by atoms with van der Waals surface area (Å²) in [5, 5.41) is 0.296. The average molecular weight is 402 g/mol. The third-order valence-electron chi connectivity index (χ3n) is 5.73. The Morgan fingerprint density at radius 3 is 2.42 bits per heavy atom. The molecule has 8 heteroatoms. The third kappa shape index (κ3) is 4.17. The molecule has 0 spiro atoms. The molecule has 1 saturated carbocycles. The Morgan fingerprint density at radius 1 is 1.19 bits per heavy atom. The summed E-state index contributed by atoms with van der Waals surface area (Å²) < 4.78 is 33.5. The average Bonchev–Trinajstić information content (AvgIpc) is 3.11. The van der Waals surface area contributed by atoms with Gasteiger partial charge in [-0.05, 0) is 38.1 Å². The number of nitrogens with one attached hydrogen (secondary N) is 1. The van der Waals surface area contributed by atoms with Crippen molar-refractivity contribution in [3.63, 3.8) is 0 Å². The van der Waals surface area contributed by atoms with Crippen LogP contribution in [-0.4, -0.2) is 70.6 Å². The van der Waals surface area contributed by atoms with Gasteiger partial charge < -0.3 is 9.64 Å². The van der Waals surface area contributed by atoms with Gasteiger partial charge in [0.1, 0.15) is 5.75 Å². The van der Waals surface area contributed by atoms with Gasteiger partial charge in [-0.15, -0.1) is 0 Å². The van der Waals surface area contributed by atoms with E-state index >= 15 is 0 Å². The Hall–Kier alpha value is -0.860. The van der Waals surface area contributed by atoms with Crippen LogP contribution in [0.25, 0.3) is 0 Å². The van der Waals surface area contributed by atoms with Crippen LogP contribution in [-0.2, 0) is 10.0 Å². The highest BCUT2D eigenvalue weighted by atomic mass is 35.5. The van der Waals surface area contributed by atoms with Crippen molar-refractivity contribution in [2.24, 2.45) is 0 Å². The summed E-state index contributed by atoms with van der Waals surface area (Å²) in [6, 6.07) is 4.56. The summed E-state index contributed by atoms with van der Waals surface area (Å²) in [6.07, 6.45) is 4.40. The lowest BCUT2D eigenvalue weighted by Gasteiger charge is -2.45. The minimum Gasteiger partial charge on any atom is -0.495 e. The van der Waals surface area contributed by atoms with Crippen molar-refractivity contribution in [1.29, 1.82) is 0 Å². The number of methoxy groups -OCH3 is 1. The molecule has 1 aliphatic heterocycles. The maximum atomic E-state index is 12.8. The highest BCUT2D eigenvalue weighted by Gasteiger charge is 2.41. The van der Waals surface area contributed by atoms with Gasteiger partial charge in [-0.1, -0.05) is 24.4 Å². The van der Waals surface area contributed by atoms with Crippen LogP contribution >= 0.6 is 11.6 Å². The number of ether oxygens (including phenoxy) is 1. The number of likely N-dealkylation sites (N-methyl/N-ethyl adjacent to an activating group) is 1. The first kappa shape index (κ1) is 19.9. The molecule has 1 heterocycles. The van der Waals surface area contributed by atoms with E-state index in [-0.39, 0.29) is 10.4 Å². The minimum atomic E-state index is -3.61. The van der Waals surface area contributed by atoms with Gasteiger partial charge in [-0.2, -0.15) is 0 Å². The number of sulfonamides is 1. The maximum Gasteiger partial charge on any atom is 0.240 e. The molecule has 1 aliphatic carbocycles. The van der Waals surface area contributed by atoms with E-state index in [2.05, 4.69) is 21.6 Å². The summed E-state index contributed by atoms with van der Waals surface area (Å²) in [5.41, 5.74) is -0.0649. The SMILES string of the molecule is COc1ccc(S(=O)(=O)NCC2(N3CCN(C)CC3)CCCC2)cc1Cl. The molecule has 1 saturated heterocycles. The van der Waals surface area contributed by atoms with E-state index in [0.29, 0.717) is 17.3 Å². The number of rotatable bonds is 6. The van der Waals surface area contributed by atoms with Crippen LogP contribution in [0.15, 0.2) is 23.1 Å². The maximum absolute atomic E-state index is 12.8. The van der Waals surface area contributed by atoms with Crippen molar-refractivity contribution < 1.29 is 13.2 Å². The zero-order valence-corrected chi connectivity index (χ0v) is 17.1. The number of piperazine rings is 1. The Bertz CT molecular complexity index is 727. The van der Waals surface area contributed by atoms with Crippen molar-refractivity contribution in [2.75, 3.05) is 46.9 Å². The van der Waals surface area contributed by atoms with E-state index in [4.69, 9.17) is 16.3 Å². The van der Waals surface area contributed by atoms with Gasteiger partial charge in [0.25, 0.3) is 0 Å². The van der Waals surface area contributed by atoms with E-state index in [1.807, 2.05) is 0 Å². The van der Waals surface area contributed by atoms with E-state index in [1.54, 1.807) is 6.07 Å². The zero-order chi connectivity index (χ0) is 18.8. The minimum absolute atomic E-state index is 0.0649. The number of hydrogen-bond donors (Lipinski definition) is 1. The van der Waals surface area contributed by atoms with Crippen LogP contribution in [0, 0.1) is 0 Å². The molecule has 0 atom stereocenters. The summed E-state index contributed by atoms with van der Waals surface area (Å²) in [5.74, 6) is 0.468. The first-order chi connectivity index (χ1) is 12.4. The Balaban J connectivity index is 1.73. The van der Waals surface area contributed by atoms with Crippen molar-refractivity contribution in [2.45, 2.75) is 36.1 Å². The van der Waals surface area contributed by atoms with E-state index in [0.717, 1.165) is 51.9 Å². The molecule has 0 bridgehead atoms. The summed E-state index contributed by atoms with van der Waals surface area (Å²) in [7, 11) is 0.0313. The quantitative estimate of drug-likeness (QED) is 0.791. The largest absolute Gasteiger partial charge is 0.495 e. The molecular formula is C18H28ClN3O3S. The normalized spacial score (nSPS) is 21.8. The molecule has 6 nitrogen and oxygen atoms in total. The first-order valence-corrected chi connectivity index (χ1v) is 11.0. The second kappa shape index (κ2) is 8.02. The van der Waals surface area contributed by atoms with Crippen molar-refractivity contribution in [3.8, 4) is 5.75 Å². The topological polar surface area (TPSA) is 61.9 Å². The molecule has 0 radical (unpaired) electrons. The highest BCUT2D eigenvalue weighted by Crippen LogP contribution is 2.36. The van der Waals surface area contributed by atoms with E-state index < -0.39 is 10.0 Å². The molecule has 0 unspecified atom stereocenters. The zero-order valence-electron chi connectivity index (χ0n) is 15.5. The molecule has 0 aromatic heterocycles. The molecule has 146 valence electrons. The van der Waals surface area contributed by atoms with Crippen LogP contribution in [0.4, 0.5) is 0 Å². The molecular weight excluding hydrogens is 374 g/mol. The fraction of sp³-hybridized carbons (Fsp3) is 0.667. The van der Waals surface area contributed by atoms with Crippen molar-refractivity contribution in [1.82, 2.24) is 14.5 Å². The van der Waals surface area contributed by atoms with Crippen LogP contribution in [0.1, 0.15) is 25.7 Å². The summed E-state index contributed by atoms with van der Waals surface area (Å²) in [6.45, 7) is 4.49. The number of hydrogen-bond acceptors (Lipinski definition) is 5. The fourth-order valence-corrected chi connectivity index (χ4v) is 5.51. The standard InChI is InChI=1S/C18H28ClN3O3S/c1-21-9-11-22(12-10-21)18(7-3-4-8-18)14-20-26(23,24)15-5-6-17(25-2)16(19)13-15/h5-6,13,20H,3-4,7-12,14H2,1-2H3. The van der Waals surface area contributed by atoms with Crippen LogP contribution in [0.3, 0.4) is 0 Å². The Kier molecular flexibility index (Phi) is 6.14. The first-order valence-electron chi connectivity index (χ1n) is 9.13. The molecule has 2 aliphatic rings. The fourth-order valence-electron chi connectivity index (χ4n) is 4.05. The third-order valence-corrected chi connectivity index (χ3v) is 7.43. The molecule has 0 amide bonds. The number of nitrogens with zero attached hydrogens (tertiary/aromatic N) is 2. The predicted octanol–water partition coefficient (Wildman–Crippen LogP) is 2.19. The van der Waals surface area contributed by atoms with Crippen molar-refractivity contribution in [3.05, 3.63) is 23.2 Å². The Morgan fingerprint density at radius 2 is 1.85 bits per heavy atom. The van der Waals surface area contributed by atoms with Gasteiger partial charge in [0.15, 0.2) is 0 Å². The molecule has 1 N–H and O–H groups in total. The lowest BCUT2D eigenvalue weighted by Crippen LogP contribution is -2.59. The van der Waals surface area contributed by atoms with Crippen LogP contribution < -0.4 is 9.46 Å². The number of halogens is 1. The predicted molar refractivity (Wildman–Crippen MR) is 103 cm³/mol. The smallest absolute Gasteiger partial charge is 0.240 e. The molecule has 26 heavy (non-hydrogen) atoms. The second-order valence-electron chi connectivity index (χ2n) is 7.34. The summed E-state index contributed by atoms with van der Waals surface area (Å²) >= 11 is 6.10. The van der Waals surface area contributed by atoms with Gasteiger partial charge in [0, 0.05) is 38.3 Å². The Labute approximate surface area is 161 Å². The monoisotopic (exact) mass is 401 g/mol. The van der Waals surface area contributed by atoms with E-state index in [1.165, 1.54) is 19.2 Å². The van der Waals surface area contributed by atoms with Gasteiger partial charge >= 0.3 is 0 Å². The number of benzene rings is 1. The van der Waals surface area contributed by atoms with Crippen LogP contribution in [0.5, 0.6) is 5.75 Å². The van der Waals surface area contributed by atoms with Gasteiger partial charge in [0.05, 0.1) is 17.0 Å². The van der Waals surface area contributed by atoms with Crippen LogP contribution in [0.2, 0.25) is 5.02 Å². The van der Waals surface area contributed by atoms with Gasteiger partial charge in [-0.25, -0.2) is 13.1 Å². The highest BCUT2D eigenvalue weighted by molar-refractivity contribution is 7.89. The summed E-state index contributed by atoms with van der Waals surface area (Å²) in [4.78, 5) is 4.99. The second-order valence-corrected chi connectivity index (χ2v) is 9.52. The lowest BCUT2D eigenvalue weighted by molar-refractivity contribution is 0.0461. The molecule has 2 fully saturated rings. The molecule has 1 aromatic rings. The van der Waals surface area contributed by atoms with Gasteiger partial charge in [0.2, 0.25) is 10.0 Å². The van der Waals surface area contributed by atoms with Crippen molar-refractivity contribution >= 4 is 21.6 Å². The van der Waals surface area contributed by atoms with Gasteiger partial charge in [-0.3, -0.25) is 4.90 Å². The molecule has 3 rings (SSSR count).